The second-order valence-electron chi connectivity index (χ2n) is 5.66. The molecule has 108 valence electrons. The van der Waals surface area contributed by atoms with Crippen LogP contribution in [0.4, 0.5) is 0 Å². The fourth-order valence-electron chi connectivity index (χ4n) is 3.86. The van der Waals surface area contributed by atoms with Gasteiger partial charge < -0.3 is 5.32 Å². The van der Waals surface area contributed by atoms with Crippen LogP contribution in [0.15, 0.2) is 11.4 Å². The summed E-state index contributed by atoms with van der Waals surface area (Å²) < 4.78 is 0. The largest absolute Gasteiger partial charge is 0.311 e. The lowest BCUT2D eigenvalue weighted by atomic mass is 9.79. The number of likely N-dealkylation sites (N-methyl/N-ethyl adjacent to an activating group) is 1. The summed E-state index contributed by atoms with van der Waals surface area (Å²) in [5, 5.41) is 5.86. The molecular formula is C16H28N2S. The highest BCUT2D eigenvalue weighted by Crippen LogP contribution is 2.41. The summed E-state index contributed by atoms with van der Waals surface area (Å²) in [5.74, 6) is 0. The van der Waals surface area contributed by atoms with Crippen molar-refractivity contribution in [1.82, 2.24) is 10.2 Å². The van der Waals surface area contributed by atoms with Gasteiger partial charge in [0.15, 0.2) is 0 Å². The van der Waals surface area contributed by atoms with E-state index in [-0.39, 0.29) is 5.54 Å². The highest BCUT2D eigenvalue weighted by molar-refractivity contribution is 7.10. The molecule has 1 unspecified atom stereocenters. The molecule has 3 heteroatoms. The van der Waals surface area contributed by atoms with Gasteiger partial charge in [0.1, 0.15) is 0 Å². The first-order chi connectivity index (χ1) is 9.19. The molecule has 2 rings (SSSR count). The number of nitrogens with zero attached hydrogens (tertiary/aromatic N) is 1. The van der Waals surface area contributed by atoms with Crippen molar-refractivity contribution < 1.29 is 0 Å². The minimum Gasteiger partial charge on any atom is -0.311 e. The SMILES string of the molecule is CCC(CC)(C(NC)c1ccsc1C)N1CCCC1. The van der Waals surface area contributed by atoms with Gasteiger partial charge in [0.2, 0.25) is 0 Å². The van der Waals surface area contributed by atoms with Crippen LogP contribution in [0.3, 0.4) is 0 Å². The molecule has 1 saturated heterocycles. The number of thiophene rings is 1. The van der Waals surface area contributed by atoms with Gasteiger partial charge in [-0.15, -0.1) is 11.3 Å². The molecule has 2 nitrogen and oxygen atoms in total. The quantitative estimate of drug-likeness (QED) is 0.848. The predicted octanol–water partition coefficient (Wildman–Crippen LogP) is 3.97. The Kier molecular flexibility index (Phi) is 5.04. The third-order valence-electron chi connectivity index (χ3n) is 5.00. The maximum absolute atomic E-state index is 3.63. The minimum atomic E-state index is 0.275. The maximum atomic E-state index is 3.63. The first-order valence-electron chi connectivity index (χ1n) is 7.66. The second kappa shape index (κ2) is 6.38. The van der Waals surface area contributed by atoms with Crippen LogP contribution in [0.1, 0.15) is 56.0 Å². The van der Waals surface area contributed by atoms with Crippen LogP contribution in [-0.2, 0) is 0 Å². The summed E-state index contributed by atoms with van der Waals surface area (Å²) in [6.45, 7) is 9.50. The maximum Gasteiger partial charge on any atom is 0.0515 e. The van der Waals surface area contributed by atoms with Crippen molar-refractivity contribution in [3.8, 4) is 0 Å². The molecule has 1 N–H and O–H groups in total. The molecule has 0 saturated carbocycles. The van der Waals surface area contributed by atoms with Crippen molar-refractivity contribution >= 4 is 11.3 Å². The highest BCUT2D eigenvalue weighted by atomic mass is 32.1. The Hall–Kier alpha value is -0.380. The Morgan fingerprint density at radius 2 is 1.95 bits per heavy atom. The standard InChI is InChI=1S/C16H28N2S/c1-5-16(6-2,18-10-7-8-11-18)15(17-4)14-9-12-19-13(14)3/h9,12,15,17H,5-8,10-11H2,1-4H3. The molecule has 0 bridgehead atoms. The van der Waals surface area contributed by atoms with Gasteiger partial charge in [-0.2, -0.15) is 0 Å². The Morgan fingerprint density at radius 3 is 2.37 bits per heavy atom. The third kappa shape index (κ3) is 2.61. The fourth-order valence-corrected chi connectivity index (χ4v) is 4.60. The molecule has 1 aromatic heterocycles. The third-order valence-corrected chi connectivity index (χ3v) is 5.86. The number of aryl methyl sites for hydroxylation is 1. The molecule has 1 aliphatic heterocycles. The molecule has 1 fully saturated rings. The van der Waals surface area contributed by atoms with Crippen molar-refractivity contribution in [2.75, 3.05) is 20.1 Å². The van der Waals surface area contributed by atoms with E-state index in [1.54, 1.807) is 0 Å². The smallest absolute Gasteiger partial charge is 0.0515 e. The van der Waals surface area contributed by atoms with Crippen molar-refractivity contribution in [3.05, 3.63) is 21.9 Å². The van der Waals surface area contributed by atoms with Gasteiger partial charge in [-0.3, -0.25) is 4.90 Å². The zero-order valence-corrected chi connectivity index (χ0v) is 13.6. The fraction of sp³-hybridized carbons (Fsp3) is 0.750. The summed E-state index contributed by atoms with van der Waals surface area (Å²) in [5.41, 5.74) is 1.78. The lowest BCUT2D eigenvalue weighted by Crippen LogP contribution is -2.54. The lowest BCUT2D eigenvalue weighted by molar-refractivity contribution is 0.0646. The normalized spacial score (nSPS) is 18.9. The van der Waals surface area contributed by atoms with E-state index in [9.17, 15) is 0 Å². The molecule has 0 amide bonds. The number of rotatable bonds is 6. The average molecular weight is 280 g/mol. The van der Waals surface area contributed by atoms with Gasteiger partial charge in [-0.05, 0) is 69.8 Å². The topological polar surface area (TPSA) is 15.3 Å². The zero-order chi connectivity index (χ0) is 13.9. The summed E-state index contributed by atoms with van der Waals surface area (Å²) in [7, 11) is 2.12. The van der Waals surface area contributed by atoms with Crippen LogP contribution in [0, 0.1) is 6.92 Å². The molecule has 2 heterocycles. The van der Waals surface area contributed by atoms with Crippen molar-refractivity contribution in [2.24, 2.45) is 0 Å². The van der Waals surface area contributed by atoms with E-state index in [1.165, 1.54) is 49.2 Å². The molecular weight excluding hydrogens is 252 g/mol. The van der Waals surface area contributed by atoms with Crippen molar-refractivity contribution in [3.63, 3.8) is 0 Å². The summed E-state index contributed by atoms with van der Waals surface area (Å²) in [4.78, 5) is 4.20. The molecule has 0 aromatic carbocycles. The Bertz CT molecular complexity index is 389. The van der Waals surface area contributed by atoms with Crippen LogP contribution in [-0.4, -0.2) is 30.6 Å². The van der Waals surface area contributed by atoms with Crippen LogP contribution in [0.2, 0.25) is 0 Å². The summed E-state index contributed by atoms with van der Waals surface area (Å²) in [6, 6.07) is 2.77. The van der Waals surface area contributed by atoms with Crippen molar-refractivity contribution in [2.45, 2.75) is 58.0 Å². The number of likely N-dealkylation sites (tertiary alicyclic amines) is 1. The van der Waals surface area contributed by atoms with Crippen LogP contribution in [0.5, 0.6) is 0 Å². The van der Waals surface area contributed by atoms with E-state index in [1.807, 2.05) is 11.3 Å². The first-order valence-corrected chi connectivity index (χ1v) is 8.53. The number of hydrogen-bond acceptors (Lipinski definition) is 3. The zero-order valence-electron chi connectivity index (χ0n) is 12.8. The van der Waals surface area contributed by atoms with Gasteiger partial charge in [0.05, 0.1) is 6.04 Å². The molecule has 0 radical (unpaired) electrons. The van der Waals surface area contributed by atoms with E-state index in [0.717, 1.165) is 0 Å². The van der Waals surface area contributed by atoms with E-state index < -0.39 is 0 Å². The van der Waals surface area contributed by atoms with E-state index in [0.29, 0.717) is 6.04 Å². The van der Waals surface area contributed by atoms with Gasteiger partial charge >= 0.3 is 0 Å². The van der Waals surface area contributed by atoms with Gasteiger partial charge in [0, 0.05) is 10.4 Å². The minimum absolute atomic E-state index is 0.275. The first kappa shape index (κ1) is 15.0. The van der Waals surface area contributed by atoms with Crippen molar-refractivity contribution in [1.29, 1.82) is 0 Å². The molecule has 1 atom stereocenters. The Morgan fingerprint density at radius 1 is 1.32 bits per heavy atom. The Labute approximate surface area is 122 Å². The molecule has 0 spiro atoms. The van der Waals surface area contributed by atoms with Crippen LogP contribution < -0.4 is 5.32 Å². The molecule has 0 aliphatic carbocycles. The predicted molar refractivity (Wildman–Crippen MR) is 85.0 cm³/mol. The molecule has 19 heavy (non-hydrogen) atoms. The summed E-state index contributed by atoms with van der Waals surface area (Å²) >= 11 is 1.87. The van der Waals surface area contributed by atoms with E-state index >= 15 is 0 Å². The summed E-state index contributed by atoms with van der Waals surface area (Å²) in [6.07, 6.45) is 5.15. The monoisotopic (exact) mass is 280 g/mol. The van der Waals surface area contributed by atoms with Gasteiger partial charge in [-0.25, -0.2) is 0 Å². The van der Waals surface area contributed by atoms with Gasteiger partial charge in [0.25, 0.3) is 0 Å². The second-order valence-corrected chi connectivity index (χ2v) is 6.78. The van der Waals surface area contributed by atoms with Crippen LogP contribution in [0.25, 0.3) is 0 Å². The average Bonchev–Trinajstić information content (AvgIpc) is 3.08. The number of hydrogen-bond donors (Lipinski definition) is 1. The van der Waals surface area contributed by atoms with E-state index in [2.05, 4.69) is 49.5 Å². The molecule has 1 aromatic rings. The van der Waals surface area contributed by atoms with E-state index in [4.69, 9.17) is 0 Å². The lowest BCUT2D eigenvalue weighted by Gasteiger charge is -2.47. The van der Waals surface area contributed by atoms with Crippen LogP contribution >= 0.6 is 11.3 Å². The highest BCUT2D eigenvalue weighted by Gasteiger charge is 2.42. The Balaban J connectivity index is 2.37. The molecule has 1 aliphatic rings. The number of nitrogens with one attached hydrogen (secondary N) is 1. The van der Waals surface area contributed by atoms with Gasteiger partial charge in [-0.1, -0.05) is 13.8 Å².